The van der Waals surface area contributed by atoms with E-state index < -0.39 is 6.03 Å². The van der Waals surface area contributed by atoms with Crippen molar-refractivity contribution in [1.82, 2.24) is 4.98 Å². The number of methoxy groups -OCH3 is 1. The Morgan fingerprint density at radius 1 is 1.22 bits per heavy atom. The highest BCUT2D eigenvalue weighted by molar-refractivity contribution is 6.00. The van der Waals surface area contributed by atoms with Gasteiger partial charge in [-0.05, 0) is 48.1 Å². The molecular weight excluding hydrogens is 344 g/mol. The van der Waals surface area contributed by atoms with Crippen molar-refractivity contribution in [1.29, 1.82) is 0 Å². The van der Waals surface area contributed by atoms with Crippen molar-refractivity contribution in [3.05, 3.63) is 47.7 Å². The summed E-state index contributed by atoms with van der Waals surface area (Å²) in [5.41, 5.74) is 7.97. The van der Waals surface area contributed by atoms with Gasteiger partial charge >= 0.3 is 6.03 Å². The lowest BCUT2D eigenvalue weighted by Gasteiger charge is -2.18. The molecule has 0 aliphatic heterocycles. The Morgan fingerprint density at radius 2 is 2.00 bits per heavy atom. The minimum Gasteiger partial charge on any atom is -0.493 e. The van der Waals surface area contributed by atoms with E-state index in [0.717, 1.165) is 29.7 Å². The summed E-state index contributed by atoms with van der Waals surface area (Å²) in [6.45, 7) is 0. The first-order valence-electron chi connectivity index (χ1n) is 9.05. The molecule has 0 unspecified atom stereocenters. The smallest absolute Gasteiger partial charge is 0.324 e. The summed E-state index contributed by atoms with van der Waals surface area (Å²) in [5, 5.41) is 5.62. The molecule has 1 aliphatic rings. The Bertz CT molecular complexity index is 832. The summed E-state index contributed by atoms with van der Waals surface area (Å²) in [5.74, 6) is 0.844. The minimum atomic E-state index is -0.395. The first-order chi connectivity index (χ1) is 13.1. The zero-order valence-electron chi connectivity index (χ0n) is 15.3. The number of aromatic nitrogens is 1. The van der Waals surface area contributed by atoms with Crippen molar-refractivity contribution in [2.45, 2.75) is 38.0 Å². The second-order valence-electron chi connectivity index (χ2n) is 6.68. The number of urea groups is 1. The maximum absolute atomic E-state index is 12.5. The monoisotopic (exact) mass is 368 g/mol. The molecule has 7 nitrogen and oxygen atoms in total. The molecule has 1 aliphatic carbocycles. The second-order valence-corrected chi connectivity index (χ2v) is 6.68. The molecule has 4 N–H and O–H groups in total. The molecule has 0 radical (unpaired) electrons. The quantitative estimate of drug-likeness (QED) is 0.726. The first-order valence-corrected chi connectivity index (χ1v) is 9.05. The van der Waals surface area contributed by atoms with E-state index in [-0.39, 0.29) is 12.3 Å². The van der Waals surface area contributed by atoms with Crippen LogP contribution in [-0.4, -0.2) is 24.0 Å². The fourth-order valence-electron chi connectivity index (χ4n) is 3.52. The highest BCUT2D eigenvalue weighted by Gasteiger charge is 2.22. The standard InChI is InChI=1S/C20H24N4O3/c1-27-17-7-4-10-22-19(17)24-20(26)23-16-9-8-13(12-18(21)25)11-15(16)14-5-2-3-6-14/h4,7-11,14H,2-3,5-6,12H2,1H3,(H2,21,25)(H2,22,23,24,26). The van der Waals surface area contributed by atoms with Crippen LogP contribution in [0.4, 0.5) is 16.3 Å². The highest BCUT2D eigenvalue weighted by Crippen LogP contribution is 2.38. The maximum Gasteiger partial charge on any atom is 0.324 e. The fourth-order valence-corrected chi connectivity index (χ4v) is 3.52. The normalized spacial score (nSPS) is 14.0. The third kappa shape index (κ3) is 4.75. The predicted molar refractivity (Wildman–Crippen MR) is 104 cm³/mol. The third-order valence-electron chi connectivity index (χ3n) is 4.76. The lowest BCUT2D eigenvalue weighted by molar-refractivity contribution is -0.117. The molecule has 0 bridgehead atoms. The molecule has 142 valence electrons. The number of carbonyl (C=O) groups is 2. The number of hydrogen-bond donors (Lipinski definition) is 3. The topological polar surface area (TPSA) is 106 Å². The van der Waals surface area contributed by atoms with Gasteiger partial charge in [-0.15, -0.1) is 0 Å². The van der Waals surface area contributed by atoms with Gasteiger partial charge < -0.3 is 15.8 Å². The van der Waals surface area contributed by atoms with E-state index in [1.165, 1.54) is 20.0 Å². The van der Waals surface area contributed by atoms with Crippen molar-refractivity contribution in [3.8, 4) is 5.75 Å². The number of hydrogen-bond acceptors (Lipinski definition) is 4. The summed E-state index contributed by atoms with van der Waals surface area (Å²) in [6.07, 6.45) is 6.26. The Kier molecular flexibility index (Phi) is 5.90. The van der Waals surface area contributed by atoms with Gasteiger partial charge in [-0.3, -0.25) is 10.1 Å². The van der Waals surface area contributed by atoms with Gasteiger partial charge in [0.1, 0.15) is 0 Å². The molecule has 7 heteroatoms. The number of ether oxygens (including phenoxy) is 1. The molecule has 1 saturated carbocycles. The molecule has 3 rings (SSSR count). The Hall–Kier alpha value is -3.09. The SMILES string of the molecule is COc1cccnc1NC(=O)Nc1ccc(CC(N)=O)cc1C1CCCC1. The van der Waals surface area contributed by atoms with Gasteiger partial charge in [-0.1, -0.05) is 25.0 Å². The molecule has 1 heterocycles. The van der Waals surface area contributed by atoms with Crippen LogP contribution in [0.2, 0.25) is 0 Å². The average Bonchev–Trinajstić information content (AvgIpc) is 3.17. The predicted octanol–water partition coefficient (Wildman–Crippen LogP) is 3.42. The number of pyridine rings is 1. The van der Waals surface area contributed by atoms with Crippen LogP contribution in [-0.2, 0) is 11.2 Å². The molecule has 1 fully saturated rings. The van der Waals surface area contributed by atoms with Gasteiger partial charge in [0.25, 0.3) is 0 Å². The van der Waals surface area contributed by atoms with Gasteiger partial charge in [0, 0.05) is 11.9 Å². The number of benzene rings is 1. The van der Waals surface area contributed by atoms with Crippen molar-refractivity contribution < 1.29 is 14.3 Å². The third-order valence-corrected chi connectivity index (χ3v) is 4.76. The van der Waals surface area contributed by atoms with E-state index in [2.05, 4.69) is 15.6 Å². The van der Waals surface area contributed by atoms with E-state index in [1.54, 1.807) is 18.3 Å². The summed E-state index contributed by atoms with van der Waals surface area (Å²) in [6, 6.07) is 8.70. The fraction of sp³-hybridized carbons (Fsp3) is 0.350. The number of rotatable bonds is 6. The van der Waals surface area contributed by atoms with Crippen molar-refractivity contribution in [2.24, 2.45) is 5.73 Å². The molecule has 0 atom stereocenters. The van der Waals surface area contributed by atoms with E-state index in [9.17, 15) is 9.59 Å². The average molecular weight is 368 g/mol. The van der Waals surface area contributed by atoms with Crippen molar-refractivity contribution in [3.63, 3.8) is 0 Å². The van der Waals surface area contributed by atoms with E-state index in [4.69, 9.17) is 10.5 Å². The number of amides is 3. The zero-order chi connectivity index (χ0) is 19.2. The maximum atomic E-state index is 12.5. The first kappa shape index (κ1) is 18.7. The van der Waals surface area contributed by atoms with E-state index in [1.807, 2.05) is 18.2 Å². The van der Waals surface area contributed by atoms with Crippen LogP contribution in [0.25, 0.3) is 0 Å². The molecule has 2 aromatic rings. The highest BCUT2D eigenvalue weighted by atomic mass is 16.5. The van der Waals surface area contributed by atoms with Gasteiger partial charge in [0.05, 0.1) is 13.5 Å². The largest absolute Gasteiger partial charge is 0.493 e. The van der Waals surface area contributed by atoms with Crippen LogP contribution < -0.4 is 21.1 Å². The van der Waals surface area contributed by atoms with Gasteiger partial charge in [-0.2, -0.15) is 0 Å². The number of anilines is 2. The number of nitrogens with one attached hydrogen (secondary N) is 2. The van der Waals surface area contributed by atoms with Crippen molar-refractivity contribution >= 4 is 23.4 Å². The summed E-state index contributed by atoms with van der Waals surface area (Å²) in [7, 11) is 1.52. The minimum absolute atomic E-state index is 0.192. The molecular formula is C20H24N4O3. The zero-order valence-corrected chi connectivity index (χ0v) is 15.3. The van der Waals surface area contributed by atoms with E-state index >= 15 is 0 Å². The van der Waals surface area contributed by atoms with Gasteiger partial charge in [0.15, 0.2) is 11.6 Å². The molecule has 1 aromatic heterocycles. The lowest BCUT2D eigenvalue weighted by atomic mass is 9.93. The van der Waals surface area contributed by atoms with Crippen LogP contribution >= 0.6 is 0 Å². The molecule has 27 heavy (non-hydrogen) atoms. The Morgan fingerprint density at radius 3 is 2.70 bits per heavy atom. The summed E-state index contributed by atoms with van der Waals surface area (Å²) >= 11 is 0. The van der Waals surface area contributed by atoms with Crippen LogP contribution in [0.5, 0.6) is 5.75 Å². The molecule has 3 amide bonds. The second kappa shape index (κ2) is 8.53. The van der Waals surface area contributed by atoms with E-state index in [0.29, 0.717) is 17.5 Å². The molecule has 1 aromatic carbocycles. The Balaban J connectivity index is 1.80. The molecule has 0 saturated heterocycles. The summed E-state index contributed by atoms with van der Waals surface area (Å²) < 4.78 is 5.21. The van der Waals surface area contributed by atoms with Crippen LogP contribution in [0.3, 0.4) is 0 Å². The van der Waals surface area contributed by atoms with Gasteiger partial charge in [0.2, 0.25) is 5.91 Å². The van der Waals surface area contributed by atoms with Crippen molar-refractivity contribution in [2.75, 3.05) is 17.7 Å². The molecule has 0 spiro atoms. The number of carbonyl (C=O) groups excluding carboxylic acids is 2. The summed E-state index contributed by atoms with van der Waals surface area (Å²) in [4.78, 5) is 27.9. The number of primary amides is 1. The van der Waals surface area contributed by atoms with Gasteiger partial charge in [-0.25, -0.2) is 9.78 Å². The number of nitrogens with two attached hydrogens (primary N) is 1. The van der Waals surface area contributed by atoms with Crippen LogP contribution in [0.1, 0.15) is 42.7 Å². The Labute approximate surface area is 158 Å². The number of nitrogens with zero attached hydrogens (tertiary/aromatic N) is 1. The lowest BCUT2D eigenvalue weighted by Crippen LogP contribution is -2.22. The van der Waals surface area contributed by atoms with Crippen LogP contribution in [0.15, 0.2) is 36.5 Å². The van der Waals surface area contributed by atoms with Crippen LogP contribution in [0, 0.1) is 0 Å².